The van der Waals surface area contributed by atoms with Crippen molar-refractivity contribution in [3.63, 3.8) is 0 Å². The molecule has 1 aliphatic rings. The minimum absolute atomic E-state index is 0.219. The SMILES string of the molecule is COCc1nc([C@H]2COCCN2C(=O)Nc2ccccc2-c2ccccc2)no1. The first-order valence-electron chi connectivity index (χ1n) is 9.37. The number of carbonyl (C=O) groups excluding carboxylic acids is 1. The van der Waals surface area contributed by atoms with Crippen molar-refractivity contribution in [3.8, 4) is 11.1 Å². The van der Waals surface area contributed by atoms with Gasteiger partial charge in [0.05, 0.1) is 18.9 Å². The summed E-state index contributed by atoms with van der Waals surface area (Å²) in [5.74, 6) is 0.770. The van der Waals surface area contributed by atoms with Crippen LogP contribution >= 0.6 is 0 Å². The molecule has 1 N–H and O–H groups in total. The Morgan fingerprint density at radius 1 is 1.21 bits per heavy atom. The van der Waals surface area contributed by atoms with Gasteiger partial charge in [0.25, 0.3) is 5.89 Å². The van der Waals surface area contributed by atoms with Crippen molar-refractivity contribution in [3.05, 3.63) is 66.3 Å². The highest BCUT2D eigenvalue weighted by atomic mass is 16.5. The molecule has 0 radical (unpaired) electrons. The number of para-hydroxylation sites is 1. The normalized spacial score (nSPS) is 16.6. The van der Waals surface area contributed by atoms with E-state index in [9.17, 15) is 4.79 Å². The van der Waals surface area contributed by atoms with Crippen LogP contribution in [0.4, 0.5) is 10.5 Å². The lowest BCUT2D eigenvalue weighted by Gasteiger charge is -2.33. The maximum Gasteiger partial charge on any atom is 0.322 e. The van der Waals surface area contributed by atoms with Gasteiger partial charge in [-0.2, -0.15) is 4.98 Å². The zero-order valence-electron chi connectivity index (χ0n) is 16.1. The fraction of sp³-hybridized carbons (Fsp3) is 0.286. The number of hydrogen-bond donors (Lipinski definition) is 1. The van der Waals surface area contributed by atoms with E-state index >= 15 is 0 Å². The zero-order chi connectivity index (χ0) is 20.1. The first-order chi connectivity index (χ1) is 14.3. The average molecular weight is 394 g/mol. The summed E-state index contributed by atoms with van der Waals surface area (Å²) in [7, 11) is 1.55. The van der Waals surface area contributed by atoms with Crippen molar-refractivity contribution >= 4 is 11.7 Å². The Morgan fingerprint density at radius 2 is 2.00 bits per heavy atom. The van der Waals surface area contributed by atoms with Crippen molar-refractivity contribution in [2.45, 2.75) is 12.6 Å². The first kappa shape index (κ1) is 19.1. The third-order valence-electron chi connectivity index (χ3n) is 4.69. The molecular weight excluding hydrogens is 372 g/mol. The van der Waals surface area contributed by atoms with Crippen molar-refractivity contribution in [2.75, 3.05) is 32.2 Å². The van der Waals surface area contributed by atoms with Crippen molar-refractivity contribution < 1.29 is 18.8 Å². The maximum atomic E-state index is 13.1. The number of hydrogen-bond acceptors (Lipinski definition) is 6. The standard InChI is InChI=1S/C21H22N4O4/c1-27-14-19-23-20(24-29-19)18-13-28-12-11-25(18)21(26)22-17-10-6-5-9-16(17)15-7-3-2-4-8-15/h2-10,18H,11-14H2,1H3,(H,22,26)/t18-/m1/s1. The quantitative estimate of drug-likeness (QED) is 0.713. The molecule has 2 heterocycles. The highest BCUT2D eigenvalue weighted by molar-refractivity contribution is 5.94. The lowest BCUT2D eigenvalue weighted by molar-refractivity contribution is 0.0110. The molecule has 1 aromatic heterocycles. The van der Waals surface area contributed by atoms with Gasteiger partial charge in [-0.05, 0) is 11.6 Å². The Hall–Kier alpha value is -3.23. The first-order valence-corrected chi connectivity index (χ1v) is 9.37. The van der Waals surface area contributed by atoms with Gasteiger partial charge in [0.2, 0.25) is 0 Å². The molecule has 3 aromatic rings. The number of methoxy groups -OCH3 is 1. The van der Waals surface area contributed by atoms with Crippen LogP contribution in [0.25, 0.3) is 11.1 Å². The Balaban J connectivity index is 1.55. The third kappa shape index (κ3) is 4.28. The van der Waals surface area contributed by atoms with Gasteiger partial charge in [-0.15, -0.1) is 0 Å². The van der Waals surface area contributed by atoms with E-state index in [-0.39, 0.29) is 12.6 Å². The van der Waals surface area contributed by atoms with Crippen LogP contribution in [0, 0.1) is 0 Å². The molecule has 2 amide bonds. The molecule has 8 heteroatoms. The molecule has 0 bridgehead atoms. The number of urea groups is 1. The van der Waals surface area contributed by atoms with Crippen LogP contribution < -0.4 is 5.32 Å². The molecule has 0 saturated carbocycles. The van der Waals surface area contributed by atoms with E-state index in [0.717, 1.165) is 16.8 Å². The summed E-state index contributed by atoms with van der Waals surface area (Å²) >= 11 is 0. The minimum atomic E-state index is -0.429. The number of ether oxygens (including phenoxy) is 2. The van der Waals surface area contributed by atoms with E-state index in [0.29, 0.717) is 31.5 Å². The Bertz CT molecular complexity index is 960. The Morgan fingerprint density at radius 3 is 2.83 bits per heavy atom. The highest BCUT2D eigenvalue weighted by Gasteiger charge is 2.32. The summed E-state index contributed by atoms with van der Waals surface area (Å²) in [5.41, 5.74) is 2.72. The number of morpholine rings is 1. The largest absolute Gasteiger partial charge is 0.377 e. The summed E-state index contributed by atoms with van der Waals surface area (Å²) in [6.07, 6.45) is 0. The monoisotopic (exact) mass is 394 g/mol. The predicted molar refractivity (Wildman–Crippen MR) is 106 cm³/mol. The molecule has 1 atom stereocenters. The van der Waals surface area contributed by atoms with Crippen molar-refractivity contribution in [2.24, 2.45) is 0 Å². The summed E-state index contributed by atoms with van der Waals surface area (Å²) in [5, 5.41) is 7.03. The van der Waals surface area contributed by atoms with Crippen LogP contribution in [-0.2, 0) is 16.1 Å². The second-order valence-corrected chi connectivity index (χ2v) is 6.61. The molecule has 1 fully saturated rings. The minimum Gasteiger partial charge on any atom is -0.377 e. The third-order valence-corrected chi connectivity index (χ3v) is 4.69. The average Bonchev–Trinajstić information content (AvgIpc) is 3.23. The van der Waals surface area contributed by atoms with Gasteiger partial charge in [-0.1, -0.05) is 53.7 Å². The fourth-order valence-corrected chi connectivity index (χ4v) is 3.29. The predicted octanol–water partition coefficient (Wildman–Crippen LogP) is 3.49. The Labute approximate surface area is 168 Å². The summed E-state index contributed by atoms with van der Waals surface area (Å²) in [6.45, 7) is 1.40. The van der Waals surface area contributed by atoms with E-state index < -0.39 is 6.04 Å². The Kier molecular flexibility index (Phi) is 5.83. The topological polar surface area (TPSA) is 89.7 Å². The molecule has 0 unspecified atom stereocenters. The number of carbonyl (C=O) groups is 1. The van der Waals surface area contributed by atoms with E-state index in [2.05, 4.69) is 15.5 Å². The number of nitrogens with one attached hydrogen (secondary N) is 1. The summed E-state index contributed by atoms with van der Waals surface area (Å²) in [4.78, 5) is 19.1. The lowest BCUT2D eigenvalue weighted by atomic mass is 10.0. The second kappa shape index (κ2) is 8.85. The second-order valence-electron chi connectivity index (χ2n) is 6.61. The number of rotatable bonds is 5. The molecule has 29 heavy (non-hydrogen) atoms. The molecule has 4 rings (SSSR count). The smallest absolute Gasteiger partial charge is 0.322 e. The fourth-order valence-electron chi connectivity index (χ4n) is 3.29. The van der Waals surface area contributed by atoms with Crippen LogP contribution in [0.1, 0.15) is 17.8 Å². The van der Waals surface area contributed by atoms with Crippen LogP contribution in [0.15, 0.2) is 59.1 Å². The zero-order valence-corrected chi connectivity index (χ0v) is 16.1. The lowest BCUT2D eigenvalue weighted by Crippen LogP contribution is -2.45. The molecule has 0 spiro atoms. The van der Waals surface area contributed by atoms with Crippen molar-refractivity contribution in [1.82, 2.24) is 15.0 Å². The van der Waals surface area contributed by atoms with E-state index in [4.69, 9.17) is 14.0 Å². The van der Waals surface area contributed by atoms with Gasteiger partial charge in [0.15, 0.2) is 5.82 Å². The van der Waals surface area contributed by atoms with Gasteiger partial charge in [-0.25, -0.2) is 4.79 Å². The van der Waals surface area contributed by atoms with E-state index in [1.807, 2.05) is 54.6 Å². The molecule has 8 nitrogen and oxygen atoms in total. The molecule has 2 aromatic carbocycles. The summed E-state index contributed by atoms with van der Waals surface area (Å²) < 4.78 is 15.8. The van der Waals surface area contributed by atoms with Gasteiger partial charge < -0.3 is 24.2 Å². The molecule has 0 aliphatic carbocycles. The van der Waals surface area contributed by atoms with E-state index in [1.54, 1.807) is 12.0 Å². The molecule has 150 valence electrons. The van der Waals surface area contributed by atoms with E-state index in [1.165, 1.54) is 0 Å². The number of aromatic nitrogens is 2. The number of anilines is 1. The molecule has 1 saturated heterocycles. The number of nitrogens with zero attached hydrogens (tertiary/aromatic N) is 3. The van der Waals surface area contributed by atoms with Crippen LogP contribution in [0.3, 0.4) is 0 Å². The molecular formula is C21H22N4O4. The maximum absolute atomic E-state index is 13.1. The van der Waals surface area contributed by atoms with Gasteiger partial charge in [0, 0.05) is 19.2 Å². The molecule has 1 aliphatic heterocycles. The van der Waals surface area contributed by atoms with Gasteiger partial charge in [-0.3, -0.25) is 0 Å². The highest BCUT2D eigenvalue weighted by Crippen LogP contribution is 2.29. The summed E-state index contributed by atoms with van der Waals surface area (Å²) in [6, 6.07) is 17.0. The number of benzene rings is 2. The van der Waals surface area contributed by atoms with Gasteiger partial charge >= 0.3 is 6.03 Å². The van der Waals surface area contributed by atoms with Crippen LogP contribution in [0.5, 0.6) is 0 Å². The van der Waals surface area contributed by atoms with Crippen LogP contribution in [0.2, 0.25) is 0 Å². The van der Waals surface area contributed by atoms with Gasteiger partial charge in [0.1, 0.15) is 12.6 Å². The van der Waals surface area contributed by atoms with Crippen LogP contribution in [-0.4, -0.2) is 47.9 Å². The van der Waals surface area contributed by atoms with Crippen molar-refractivity contribution in [1.29, 1.82) is 0 Å². The number of amides is 2.